The van der Waals surface area contributed by atoms with Gasteiger partial charge in [0, 0.05) is 5.56 Å². The van der Waals surface area contributed by atoms with Gasteiger partial charge in [0.15, 0.2) is 0 Å². The number of aliphatic hydroxyl groups excluding tert-OH is 4. The third kappa shape index (κ3) is 4.73. The fourth-order valence-electron chi connectivity index (χ4n) is 3.46. The first kappa shape index (κ1) is 22.0. The number of halogens is 2. The molecule has 0 aliphatic carbocycles. The Bertz CT molecular complexity index is 807. The lowest BCUT2D eigenvalue weighted by atomic mass is 9.94. The summed E-state index contributed by atoms with van der Waals surface area (Å²) in [5.41, 5.74) is 0.899. The summed E-state index contributed by atoms with van der Waals surface area (Å²) in [6.07, 6.45) is -4.26. The fraction of sp³-hybridized carbons (Fsp3) is 0.429. The van der Waals surface area contributed by atoms with Crippen LogP contribution in [0.5, 0.6) is 5.75 Å². The molecular weight excluding hydrogens is 402 g/mol. The minimum atomic E-state index is -1.61. The van der Waals surface area contributed by atoms with Gasteiger partial charge in [-0.1, -0.05) is 12.1 Å². The molecule has 158 valence electrons. The summed E-state index contributed by atoms with van der Waals surface area (Å²) in [4.78, 5) is 0. The molecule has 0 bridgehead atoms. The summed E-state index contributed by atoms with van der Waals surface area (Å²) in [6, 6.07) is 9.62. The average Bonchev–Trinajstić information content (AvgIpc) is 2.69. The van der Waals surface area contributed by atoms with Crippen LogP contribution in [0.15, 0.2) is 36.4 Å². The molecule has 0 saturated carbocycles. The number of rotatable bonds is 6. The maximum Gasteiger partial charge on any atom is 0.130 e. The number of hydrogen-bond donors (Lipinski definition) is 4. The molecule has 5 nitrogen and oxygen atoms in total. The van der Waals surface area contributed by atoms with Gasteiger partial charge in [0.1, 0.15) is 23.5 Å². The van der Waals surface area contributed by atoms with Gasteiger partial charge in [-0.15, -0.1) is 11.8 Å². The van der Waals surface area contributed by atoms with E-state index in [1.54, 1.807) is 12.1 Å². The Hall–Kier alpha value is -1.71. The Morgan fingerprint density at radius 3 is 2.10 bits per heavy atom. The number of ether oxygens (including phenoxy) is 1. The highest BCUT2D eigenvalue weighted by Crippen LogP contribution is 2.44. The topological polar surface area (TPSA) is 90.2 Å². The molecule has 8 heteroatoms. The van der Waals surface area contributed by atoms with Crippen molar-refractivity contribution >= 4 is 11.8 Å². The molecule has 1 heterocycles. The molecule has 5 atom stereocenters. The summed E-state index contributed by atoms with van der Waals surface area (Å²) in [7, 11) is 0. The lowest BCUT2D eigenvalue weighted by Crippen LogP contribution is -2.51. The van der Waals surface area contributed by atoms with Crippen LogP contribution in [0.4, 0.5) is 8.78 Å². The van der Waals surface area contributed by atoms with Gasteiger partial charge in [-0.3, -0.25) is 0 Å². The highest BCUT2D eigenvalue weighted by atomic mass is 32.2. The van der Waals surface area contributed by atoms with Crippen molar-refractivity contribution in [2.45, 2.75) is 42.2 Å². The second-order valence-corrected chi connectivity index (χ2v) is 8.36. The van der Waals surface area contributed by atoms with Gasteiger partial charge in [0.25, 0.3) is 0 Å². The van der Waals surface area contributed by atoms with E-state index in [0.29, 0.717) is 24.3 Å². The normalized spacial score (nSPS) is 27.1. The maximum atomic E-state index is 14.8. The maximum absolute atomic E-state index is 14.8. The smallest absolute Gasteiger partial charge is 0.130 e. The molecule has 1 fully saturated rings. The highest BCUT2D eigenvalue weighted by Gasteiger charge is 2.45. The number of benzene rings is 2. The summed E-state index contributed by atoms with van der Waals surface area (Å²) in [5, 5.41) is 37.5. The average molecular weight is 426 g/mol. The zero-order chi connectivity index (χ0) is 21.1. The number of hydrogen-bond acceptors (Lipinski definition) is 6. The predicted octanol–water partition coefficient (Wildman–Crippen LogP) is 2.19. The van der Waals surface area contributed by atoms with Gasteiger partial charge < -0.3 is 25.2 Å². The van der Waals surface area contributed by atoms with E-state index >= 15 is 0 Å². The molecule has 0 spiro atoms. The van der Waals surface area contributed by atoms with E-state index in [0.717, 1.165) is 17.3 Å². The Morgan fingerprint density at radius 1 is 0.931 bits per heavy atom. The Kier molecular flexibility index (Phi) is 7.13. The van der Waals surface area contributed by atoms with Crippen LogP contribution in [-0.4, -0.2) is 57.2 Å². The lowest BCUT2D eigenvalue weighted by Gasteiger charge is -2.39. The first-order valence-electron chi connectivity index (χ1n) is 9.35. The molecule has 4 N–H and O–H groups in total. The van der Waals surface area contributed by atoms with E-state index in [1.165, 1.54) is 12.1 Å². The van der Waals surface area contributed by atoms with E-state index in [4.69, 9.17) is 4.74 Å². The monoisotopic (exact) mass is 426 g/mol. The SMILES string of the molecule is CCOc1ccc(Cc2cc(F)c([C@H]3SC(CO)C(O)C(O)C3O)c(F)c2)cc1. The van der Waals surface area contributed by atoms with E-state index in [-0.39, 0.29) is 5.56 Å². The van der Waals surface area contributed by atoms with Crippen LogP contribution in [0.2, 0.25) is 0 Å². The van der Waals surface area contributed by atoms with E-state index in [2.05, 4.69) is 0 Å². The quantitative estimate of drug-likeness (QED) is 0.566. The molecule has 29 heavy (non-hydrogen) atoms. The molecule has 0 amide bonds. The van der Waals surface area contributed by atoms with Crippen LogP contribution >= 0.6 is 11.8 Å². The Balaban J connectivity index is 1.83. The second kappa shape index (κ2) is 9.40. The minimum absolute atomic E-state index is 0.307. The minimum Gasteiger partial charge on any atom is -0.494 e. The predicted molar refractivity (Wildman–Crippen MR) is 106 cm³/mol. The Labute approximate surface area is 172 Å². The summed E-state index contributed by atoms with van der Waals surface area (Å²) in [5.74, 6) is -0.975. The van der Waals surface area contributed by atoms with Crippen LogP contribution in [0, 0.1) is 11.6 Å². The standard InChI is InChI=1S/C21H24F2O5S/c1-2-28-13-5-3-11(4-6-13)7-12-8-14(22)17(15(23)9-12)21-20(27)19(26)18(25)16(10-24)29-21/h3-6,8-9,16,18-21,24-27H,2,7,10H2,1H3/t16?,18?,19?,20?,21-/m1/s1. The molecular formula is C21H24F2O5S. The molecule has 2 aromatic carbocycles. The van der Waals surface area contributed by atoms with Crippen LogP contribution in [-0.2, 0) is 6.42 Å². The molecule has 4 unspecified atom stereocenters. The van der Waals surface area contributed by atoms with E-state index < -0.39 is 47.1 Å². The molecule has 1 saturated heterocycles. The zero-order valence-corrected chi connectivity index (χ0v) is 16.6. The van der Waals surface area contributed by atoms with Crippen LogP contribution in [0.25, 0.3) is 0 Å². The lowest BCUT2D eigenvalue weighted by molar-refractivity contribution is -0.0705. The second-order valence-electron chi connectivity index (χ2n) is 6.98. The van der Waals surface area contributed by atoms with E-state index in [9.17, 15) is 29.2 Å². The molecule has 0 radical (unpaired) electrons. The molecule has 3 rings (SSSR count). The van der Waals surface area contributed by atoms with Crippen LogP contribution in [0.1, 0.15) is 28.9 Å². The van der Waals surface area contributed by atoms with Crippen molar-refractivity contribution < 1.29 is 33.9 Å². The van der Waals surface area contributed by atoms with E-state index in [1.807, 2.05) is 19.1 Å². The van der Waals surface area contributed by atoms with Gasteiger partial charge >= 0.3 is 0 Å². The molecule has 0 aromatic heterocycles. The number of thioether (sulfide) groups is 1. The Morgan fingerprint density at radius 2 is 1.55 bits per heavy atom. The highest BCUT2D eigenvalue weighted by molar-refractivity contribution is 8.00. The van der Waals surface area contributed by atoms with Crippen molar-refractivity contribution in [3.05, 3.63) is 64.7 Å². The van der Waals surface area contributed by atoms with Gasteiger partial charge in [0.05, 0.1) is 35.9 Å². The molecule has 1 aliphatic rings. The zero-order valence-electron chi connectivity index (χ0n) is 15.8. The van der Waals surface area contributed by atoms with Crippen molar-refractivity contribution in [3.8, 4) is 5.75 Å². The van der Waals surface area contributed by atoms with Crippen molar-refractivity contribution in [1.82, 2.24) is 0 Å². The largest absolute Gasteiger partial charge is 0.494 e. The fourth-order valence-corrected chi connectivity index (χ4v) is 4.92. The first-order valence-corrected chi connectivity index (χ1v) is 10.3. The van der Waals surface area contributed by atoms with Crippen molar-refractivity contribution in [1.29, 1.82) is 0 Å². The molecule has 1 aliphatic heterocycles. The van der Waals surface area contributed by atoms with Crippen molar-refractivity contribution in [3.63, 3.8) is 0 Å². The number of aliphatic hydroxyl groups is 4. The van der Waals surface area contributed by atoms with Crippen molar-refractivity contribution in [2.24, 2.45) is 0 Å². The van der Waals surface area contributed by atoms with Crippen LogP contribution in [0.3, 0.4) is 0 Å². The van der Waals surface area contributed by atoms with Gasteiger partial charge in [-0.2, -0.15) is 0 Å². The third-order valence-electron chi connectivity index (χ3n) is 4.96. The summed E-state index contributed by atoms with van der Waals surface area (Å²) < 4.78 is 35.0. The summed E-state index contributed by atoms with van der Waals surface area (Å²) in [6.45, 7) is 1.93. The summed E-state index contributed by atoms with van der Waals surface area (Å²) >= 11 is 0.845. The molecule has 2 aromatic rings. The van der Waals surface area contributed by atoms with Gasteiger partial charge in [-0.25, -0.2) is 8.78 Å². The van der Waals surface area contributed by atoms with Crippen molar-refractivity contribution in [2.75, 3.05) is 13.2 Å². The van der Waals surface area contributed by atoms with Gasteiger partial charge in [-0.05, 0) is 48.7 Å². The van der Waals surface area contributed by atoms with Crippen LogP contribution < -0.4 is 4.74 Å². The first-order chi connectivity index (χ1) is 13.8. The van der Waals surface area contributed by atoms with Gasteiger partial charge in [0.2, 0.25) is 0 Å². The third-order valence-corrected chi connectivity index (χ3v) is 6.54.